The summed E-state index contributed by atoms with van der Waals surface area (Å²) < 4.78 is 1.20. The summed E-state index contributed by atoms with van der Waals surface area (Å²) in [6.45, 7) is 7.52. The number of hydrogen-bond acceptors (Lipinski definition) is 1. The Morgan fingerprint density at radius 2 is 1.67 bits per heavy atom. The van der Waals surface area contributed by atoms with Crippen LogP contribution in [0.2, 0.25) is 0 Å². The van der Waals surface area contributed by atoms with Gasteiger partial charge in [-0.05, 0) is 50.4 Å². The largest absolute Gasteiger partial charge is 0.314 e. The zero-order valence-electron chi connectivity index (χ0n) is 13.1. The normalized spacial score (nSPS) is 12.4. The van der Waals surface area contributed by atoms with Crippen molar-refractivity contribution < 1.29 is 0 Å². The fourth-order valence-electron chi connectivity index (χ4n) is 2.91. The van der Waals surface area contributed by atoms with Crippen molar-refractivity contribution in [2.24, 2.45) is 0 Å². The van der Waals surface area contributed by atoms with E-state index in [0.29, 0.717) is 6.04 Å². The molecule has 2 aromatic rings. The second kappa shape index (κ2) is 7.77. The van der Waals surface area contributed by atoms with Crippen LogP contribution in [-0.4, -0.2) is 12.6 Å². The zero-order chi connectivity index (χ0) is 15.2. The highest BCUT2D eigenvalue weighted by atomic mass is 79.9. The van der Waals surface area contributed by atoms with E-state index in [4.69, 9.17) is 0 Å². The lowest BCUT2D eigenvalue weighted by Gasteiger charge is -2.19. The van der Waals surface area contributed by atoms with Gasteiger partial charge in [0.05, 0.1) is 0 Å². The third-order valence-corrected chi connectivity index (χ3v) is 4.45. The van der Waals surface area contributed by atoms with Crippen LogP contribution in [0.25, 0.3) is 0 Å². The summed E-state index contributed by atoms with van der Waals surface area (Å²) in [5.41, 5.74) is 5.49. The predicted octanol–water partition coefficient (Wildman–Crippen LogP) is 4.83. The number of nitrogens with one attached hydrogen (secondary N) is 1. The number of likely N-dealkylation sites (N-methyl/N-ethyl adjacent to an activating group) is 1. The van der Waals surface area contributed by atoms with E-state index in [1.807, 2.05) is 0 Å². The average molecular weight is 346 g/mol. The molecule has 0 radical (unpaired) electrons. The van der Waals surface area contributed by atoms with Crippen LogP contribution in [0.1, 0.15) is 29.2 Å². The second-order valence-electron chi connectivity index (χ2n) is 5.75. The van der Waals surface area contributed by atoms with Gasteiger partial charge in [-0.3, -0.25) is 0 Å². The Kier molecular flexibility index (Phi) is 6.01. The number of rotatable bonds is 6. The van der Waals surface area contributed by atoms with Crippen LogP contribution in [0.15, 0.2) is 46.9 Å². The van der Waals surface area contributed by atoms with Crippen molar-refractivity contribution in [3.05, 3.63) is 69.2 Å². The molecule has 0 amide bonds. The lowest BCUT2D eigenvalue weighted by atomic mass is 9.96. The Labute approximate surface area is 136 Å². The molecule has 112 valence electrons. The molecule has 0 aliphatic rings. The molecule has 2 aromatic carbocycles. The van der Waals surface area contributed by atoms with Gasteiger partial charge in [0.15, 0.2) is 0 Å². The minimum Gasteiger partial charge on any atom is -0.314 e. The third kappa shape index (κ3) is 4.98. The van der Waals surface area contributed by atoms with E-state index in [2.05, 4.69) is 84.5 Å². The summed E-state index contributed by atoms with van der Waals surface area (Å²) in [5, 5.41) is 3.62. The van der Waals surface area contributed by atoms with Crippen LogP contribution in [0, 0.1) is 13.8 Å². The van der Waals surface area contributed by atoms with Gasteiger partial charge in [-0.2, -0.15) is 0 Å². The van der Waals surface area contributed by atoms with Gasteiger partial charge >= 0.3 is 0 Å². The van der Waals surface area contributed by atoms with E-state index in [-0.39, 0.29) is 0 Å². The average Bonchev–Trinajstić information content (AvgIpc) is 2.40. The molecule has 2 heteroatoms. The number of benzene rings is 2. The molecule has 1 N–H and O–H groups in total. The Balaban J connectivity index is 2.13. The van der Waals surface area contributed by atoms with Crippen molar-refractivity contribution in [1.82, 2.24) is 5.32 Å². The summed E-state index contributed by atoms with van der Waals surface area (Å²) in [4.78, 5) is 0. The fourth-order valence-corrected chi connectivity index (χ4v) is 3.35. The smallest absolute Gasteiger partial charge is 0.0207 e. The van der Waals surface area contributed by atoms with Gasteiger partial charge in [0.2, 0.25) is 0 Å². The van der Waals surface area contributed by atoms with Crippen molar-refractivity contribution in [2.45, 2.75) is 39.7 Å². The van der Waals surface area contributed by atoms with Crippen molar-refractivity contribution in [3.63, 3.8) is 0 Å². The van der Waals surface area contributed by atoms with E-state index in [9.17, 15) is 0 Å². The Hall–Kier alpha value is -1.12. The Morgan fingerprint density at radius 3 is 2.29 bits per heavy atom. The second-order valence-corrected chi connectivity index (χ2v) is 6.60. The fraction of sp³-hybridized carbons (Fsp3) is 0.368. The van der Waals surface area contributed by atoms with E-state index in [0.717, 1.165) is 19.4 Å². The van der Waals surface area contributed by atoms with Gasteiger partial charge < -0.3 is 5.32 Å². The lowest BCUT2D eigenvalue weighted by molar-refractivity contribution is 0.520. The van der Waals surface area contributed by atoms with Gasteiger partial charge in [0, 0.05) is 10.5 Å². The minimum absolute atomic E-state index is 0.468. The highest BCUT2D eigenvalue weighted by molar-refractivity contribution is 9.10. The Bertz CT molecular complexity index is 572. The molecule has 0 heterocycles. The summed E-state index contributed by atoms with van der Waals surface area (Å²) in [6.07, 6.45) is 2.11. The summed E-state index contributed by atoms with van der Waals surface area (Å²) in [5.74, 6) is 0. The molecule has 0 aromatic heterocycles. The molecule has 0 saturated carbocycles. The van der Waals surface area contributed by atoms with Crippen molar-refractivity contribution in [2.75, 3.05) is 6.54 Å². The van der Waals surface area contributed by atoms with Crippen LogP contribution < -0.4 is 5.32 Å². The van der Waals surface area contributed by atoms with Crippen molar-refractivity contribution >= 4 is 15.9 Å². The maximum atomic E-state index is 3.66. The van der Waals surface area contributed by atoms with Crippen molar-refractivity contribution in [3.8, 4) is 0 Å². The van der Waals surface area contributed by atoms with E-state index >= 15 is 0 Å². The van der Waals surface area contributed by atoms with E-state index in [1.165, 1.54) is 26.7 Å². The minimum atomic E-state index is 0.468. The maximum absolute atomic E-state index is 3.66. The van der Waals surface area contributed by atoms with E-state index in [1.54, 1.807) is 0 Å². The highest BCUT2D eigenvalue weighted by Gasteiger charge is 2.11. The molecule has 1 nitrogen and oxygen atoms in total. The highest BCUT2D eigenvalue weighted by Crippen LogP contribution is 2.19. The zero-order valence-corrected chi connectivity index (χ0v) is 14.7. The molecule has 0 saturated heterocycles. The van der Waals surface area contributed by atoms with Gasteiger partial charge in [0.25, 0.3) is 0 Å². The molecule has 21 heavy (non-hydrogen) atoms. The number of aryl methyl sites for hydroxylation is 2. The third-order valence-electron chi connectivity index (χ3n) is 3.68. The molecule has 1 unspecified atom stereocenters. The van der Waals surface area contributed by atoms with E-state index < -0.39 is 0 Å². The predicted molar refractivity (Wildman–Crippen MR) is 94.9 cm³/mol. The lowest BCUT2D eigenvalue weighted by Crippen LogP contribution is -2.33. The van der Waals surface area contributed by atoms with Crippen LogP contribution >= 0.6 is 15.9 Å². The number of halogens is 1. The monoisotopic (exact) mass is 345 g/mol. The van der Waals surface area contributed by atoms with Gasteiger partial charge in [0.1, 0.15) is 0 Å². The maximum Gasteiger partial charge on any atom is 0.0207 e. The quantitative estimate of drug-likeness (QED) is 0.790. The molecule has 0 aliphatic heterocycles. The molecule has 0 fully saturated rings. The topological polar surface area (TPSA) is 12.0 Å². The van der Waals surface area contributed by atoms with Gasteiger partial charge in [-0.15, -0.1) is 0 Å². The molecule has 0 aliphatic carbocycles. The molecule has 2 rings (SSSR count). The molecule has 0 spiro atoms. The first kappa shape index (κ1) is 16.3. The first-order valence-electron chi connectivity index (χ1n) is 7.62. The summed E-state index contributed by atoms with van der Waals surface area (Å²) in [6, 6.07) is 15.8. The molecular weight excluding hydrogens is 322 g/mol. The van der Waals surface area contributed by atoms with Crippen LogP contribution in [0.5, 0.6) is 0 Å². The van der Waals surface area contributed by atoms with Crippen molar-refractivity contribution in [1.29, 1.82) is 0 Å². The summed E-state index contributed by atoms with van der Waals surface area (Å²) in [7, 11) is 0. The van der Waals surface area contributed by atoms with Crippen LogP contribution in [0.3, 0.4) is 0 Å². The van der Waals surface area contributed by atoms with Gasteiger partial charge in [-0.25, -0.2) is 0 Å². The van der Waals surface area contributed by atoms with Crippen LogP contribution in [-0.2, 0) is 12.8 Å². The van der Waals surface area contributed by atoms with Crippen LogP contribution in [0.4, 0.5) is 0 Å². The molecule has 1 atom stereocenters. The Morgan fingerprint density at radius 1 is 1.00 bits per heavy atom. The first-order chi connectivity index (χ1) is 10.1. The standard InChI is InChI=1S/C19H24BrN/c1-4-21-18(13-17-7-5-6-8-19(17)20)12-16-10-14(2)9-15(3)11-16/h5-11,18,21H,4,12-13H2,1-3H3. The SMILES string of the molecule is CCNC(Cc1cc(C)cc(C)c1)Cc1ccccc1Br. The van der Waals surface area contributed by atoms with Gasteiger partial charge in [-0.1, -0.05) is 70.4 Å². The summed E-state index contributed by atoms with van der Waals surface area (Å²) >= 11 is 3.66. The molecular formula is C19H24BrN. The molecule has 0 bridgehead atoms. The first-order valence-corrected chi connectivity index (χ1v) is 8.41. The number of hydrogen-bond donors (Lipinski definition) is 1.